The van der Waals surface area contributed by atoms with E-state index in [1.807, 2.05) is 24.3 Å². The summed E-state index contributed by atoms with van der Waals surface area (Å²) in [6, 6.07) is 7.37. The van der Waals surface area contributed by atoms with Crippen molar-refractivity contribution in [2.45, 2.75) is 90.9 Å². The summed E-state index contributed by atoms with van der Waals surface area (Å²) >= 11 is 0. The Balaban J connectivity index is 1.98. The molecule has 0 radical (unpaired) electrons. The molecule has 0 unspecified atom stereocenters. The Bertz CT molecular complexity index is 759. The minimum absolute atomic E-state index is 0.532. The molecule has 32 heavy (non-hydrogen) atoms. The van der Waals surface area contributed by atoms with E-state index in [0.29, 0.717) is 35.8 Å². The van der Waals surface area contributed by atoms with Gasteiger partial charge in [0.25, 0.3) is 0 Å². The molecule has 2 aromatic rings. The first-order valence-corrected chi connectivity index (χ1v) is 12.5. The SMILES string of the molecule is CCCCCCCCOc1cc2cc(C=O)c(OCCCCCCCC)cc2cc1C=O. The third kappa shape index (κ3) is 8.64. The lowest BCUT2D eigenvalue weighted by atomic mass is 10.0. The van der Waals surface area contributed by atoms with Crippen LogP contribution in [-0.4, -0.2) is 25.8 Å². The second kappa shape index (κ2) is 15.4. The molecule has 176 valence electrons. The molecule has 0 heterocycles. The van der Waals surface area contributed by atoms with E-state index in [1.165, 1.54) is 51.4 Å². The lowest BCUT2D eigenvalue weighted by Crippen LogP contribution is -2.02. The predicted molar refractivity (Wildman–Crippen MR) is 132 cm³/mol. The van der Waals surface area contributed by atoms with Gasteiger partial charge in [0.15, 0.2) is 12.6 Å². The van der Waals surface area contributed by atoms with Crippen LogP contribution in [0.2, 0.25) is 0 Å². The van der Waals surface area contributed by atoms with Crippen LogP contribution in [0.4, 0.5) is 0 Å². The first-order chi connectivity index (χ1) is 15.7. The number of fused-ring (bicyclic) bond motifs is 1. The Morgan fingerprint density at radius 2 is 0.938 bits per heavy atom. The highest BCUT2D eigenvalue weighted by Crippen LogP contribution is 2.31. The molecule has 0 spiro atoms. The van der Waals surface area contributed by atoms with Crippen LogP contribution in [0.5, 0.6) is 11.5 Å². The molecule has 0 aliphatic rings. The van der Waals surface area contributed by atoms with Gasteiger partial charge in [-0.2, -0.15) is 0 Å². The van der Waals surface area contributed by atoms with Gasteiger partial charge in [-0.1, -0.05) is 78.1 Å². The van der Waals surface area contributed by atoms with Crippen molar-refractivity contribution in [3.05, 3.63) is 35.4 Å². The molecule has 0 bridgehead atoms. The van der Waals surface area contributed by atoms with Gasteiger partial charge < -0.3 is 9.47 Å². The van der Waals surface area contributed by atoms with Gasteiger partial charge in [0.05, 0.1) is 24.3 Å². The van der Waals surface area contributed by atoms with Gasteiger partial charge in [-0.15, -0.1) is 0 Å². The topological polar surface area (TPSA) is 52.6 Å². The number of hydrogen-bond acceptors (Lipinski definition) is 4. The molecule has 4 nitrogen and oxygen atoms in total. The summed E-state index contributed by atoms with van der Waals surface area (Å²) in [5.74, 6) is 1.16. The van der Waals surface area contributed by atoms with E-state index < -0.39 is 0 Å². The number of carbonyl (C=O) groups excluding carboxylic acids is 2. The van der Waals surface area contributed by atoms with E-state index in [2.05, 4.69) is 13.8 Å². The molecule has 2 aromatic carbocycles. The van der Waals surface area contributed by atoms with Gasteiger partial charge in [-0.05, 0) is 47.9 Å². The minimum atomic E-state index is 0.532. The van der Waals surface area contributed by atoms with Gasteiger partial charge in [0, 0.05) is 0 Å². The summed E-state index contributed by atoms with van der Waals surface area (Å²) in [6.45, 7) is 5.62. The van der Waals surface area contributed by atoms with Crippen LogP contribution in [0, 0.1) is 0 Å². The first-order valence-electron chi connectivity index (χ1n) is 12.5. The molecule has 2 rings (SSSR count). The molecule has 0 amide bonds. The Morgan fingerprint density at radius 1 is 0.562 bits per heavy atom. The fourth-order valence-corrected chi connectivity index (χ4v) is 3.91. The van der Waals surface area contributed by atoms with Crippen LogP contribution in [0.25, 0.3) is 10.8 Å². The number of carbonyl (C=O) groups is 2. The quantitative estimate of drug-likeness (QED) is 0.174. The molecule has 0 atom stereocenters. The van der Waals surface area contributed by atoms with Crippen molar-refractivity contribution in [2.24, 2.45) is 0 Å². The molecule has 0 saturated carbocycles. The monoisotopic (exact) mass is 440 g/mol. The van der Waals surface area contributed by atoms with Gasteiger partial charge in [0.1, 0.15) is 11.5 Å². The molecule has 0 fully saturated rings. The fourth-order valence-electron chi connectivity index (χ4n) is 3.91. The molecular formula is C28H40O4. The number of benzene rings is 2. The molecule has 4 heteroatoms. The van der Waals surface area contributed by atoms with Crippen molar-refractivity contribution >= 4 is 23.3 Å². The highest BCUT2D eigenvalue weighted by atomic mass is 16.5. The Morgan fingerprint density at radius 3 is 1.31 bits per heavy atom. The summed E-state index contributed by atoms with van der Waals surface area (Å²) in [7, 11) is 0. The average molecular weight is 441 g/mol. The number of aldehydes is 2. The minimum Gasteiger partial charge on any atom is -0.493 e. The highest BCUT2D eigenvalue weighted by Gasteiger charge is 2.11. The van der Waals surface area contributed by atoms with Crippen LogP contribution in [0.1, 0.15) is 112 Å². The van der Waals surface area contributed by atoms with Gasteiger partial charge in [-0.25, -0.2) is 0 Å². The third-order valence-corrected chi connectivity index (χ3v) is 5.86. The molecular weight excluding hydrogens is 400 g/mol. The lowest BCUT2D eigenvalue weighted by Gasteiger charge is -2.13. The second-order valence-electron chi connectivity index (χ2n) is 8.60. The zero-order chi connectivity index (χ0) is 23.0. The normalized spacial score (nSPS) is 10.9. The van der Waals surface area contributed by atoms with Crippen LogP contribution in [-0.2, 0) is 0 Å². The van der Waals surface area contributed by atoms with Crippen LogP contribution in [0.15, 0.2) is 24.3 Å². The van der Waals surface area contributed by atoms with Crippen LogP contribution in [0.3, 0.4) is 0 Å². The predicted octanol–water partition coefficient (Wildman–Crippen LogP) is 7.94. The van der Waals surface area contributed by atoms with E-state index in [1.54, 1.807) is 0 Å². The number of hydrogen-bond donors (Lipinski definition) is 0. The Hall–Kier alpha value is -2.36. The summed E-state index contributed by atoms with van der Waals surface area (Å²) in [5, 5.41) is 1.75. The molecule has 0 aliphatic heterocycles. The maximum atomic E-state index is 11.6. The van der Waals surface area contributed by atoms with Crippen LogP contribution < -0.4 is 9.47 Å². The number of rotatable bonds is 18. The van der Waals surface area contributed by atoms with Crippen molar-refractivity contribution < 1.29 is 19.1 Å². The average Bonchev–Trinajstić information content (AvgIpc) is 2.81. The van der Waals surface area contributed by atoms with E-state index in [9.17, 15) is 9.59 Å². The van der Waals surface area contributed by atoms with E-state index >= 15 is 0 Å². The van der Waals surface area contributed by atoms with E-state index in [-0.39, 0.29) is 0 Å². The lowest BCUT2D eigenvalue weighted by molar-refractivity contribution is 0.111. The van der Waals surface area contributed by atoms with Crippen molar-refractivity contribution in [3.63, 3.8) is 0 Å². The van der Waals surface area contributed by atoms with Crippen molar-refractivity contribution in [1.29, 1.82) is 0 Å². The van der Waals surface area contributed by atoms with E-state index in [4.69, 9.17) is 9.47 Å². The molecule has 0 N–H and O–H groups in total. The maximum absolute atomic E-state index is 11.6. The summed E-state index contributed by atoms with van der Waals surface area (Å²) < 4.78 is 11.8. The highest BCUT2D eigenvalue weighted by molar-refractivity contribution is 5.96. The van der Waals surface area contributed by atoms with Gasteiger partial charge in [-0.3, -0.25) is 9.59 Å². The Kier molecular flexibility index (Phi) is 12.5. The van der Waals surface area contributed by atoms with Crippen molar-refractivity contribution in [1.82, 2.24) is 0 Å². The fraction of sp³-hybridized carbons (Fsp3) is 0.571. The standard InChI is InChI=1S/C28H40O4/c1-3-5-7-9-11-13-15-31-27-19-23-18-26(22-30)28(20-24(23)17-25(27)21-29)32-16-14-12-10-8-6-4-2/h17-22H,3-16H2,1-2H3. The van der Waals surface area contributed by atoms with E-state index in [0.717, 1.165) is 49.0 Å². The first kappa shape index (κ1) is 25.9. The zero-order valence-corrected chi connectivity index (χ0v) is 20.0. The summed E-state index contributed by atoms with van der Waals surface area (Å²) in [6.07, 6.45) is 15.9. The van der Waals surface area contributed by atoms with Gasteiger partial charge in [0.2, 0.25) is 0 Å². The van der Waals surface area contributed by atoms with Gasteiger partial charge >= 0.3 is 0 Å². The Labute approximate surface area is 193 Å². The van der Waals surface area contributed by atoms with Crippen molar-refractivity contribution in [3.8, 4) is 11.5 Å². The summed E-state index contributed by atoms with van der Waals surface area (Å²) in [4.78, 5) is 23.3. The number of unbranched alkanes of at least 4 members (excludes halogenated alkanes) is 10. The maximum Gasteiger partial charge on any atom is 0.153 e. The van der Waals surface area contributed by atoms with Crippen LogP contribution >= 0.6 is 0 Å². The number of ether oxygens (including phenoxy) is 2. The summed E-state index contributed by atoms with van der Waals surface area (Å²) in [5.41, 5.74) is 1.06. The third-order valence-electron chi connectivity index (χ3n) is 5.86. The van der Waals surface area contributed by atoms with Crippen molar-refractivity contribution in [2.75, 3.05) is 13.2 Å². The molecule has 0 aromatic heterocycles. The smallest absolute Gasteiger partial charge is 0.153 e. The molecule has 0 aliphatic carbocycles. The molecule has 0 saturated heterocycles. The second-order valence-corrected chi connectivity index (χ2v) is 8.60. The zero-order valence-electron chi connectivity index (χ0n) is 20.0. The largest absolute Gasteiger partial charge is 0.493 e.